The summed E-state index contributed by atoms with van der Waals surface area (Å²) in [5, 5.41) is 1.04. The summed E-state index contributed by atoms with van der Waals surface area (Å²) >= 11 is 0. The SMILES string of the molecule is CCCCCCCCCCCCCP(C)(=O)c1ccccc1. The molecule has 1 aromatic carbocycles. The van der Waals surface area contributed by atoms with Gasteiger partial charge in [-0.2, -0.15) is 0 Å². The van der Waals surface area contributed by atoms with Crippen LogP contribution in [-0.2, 0) is 4.57 Å². The van der Waals surface area contributed by atoms with E-state index < -0.39 is 7.14 Å². The van der Waals surface area contributed by atoms with Crippen LogP contribution in [0.4, 0.5) is 0 Å². The van der Waals surface area contributed by atoms with Crippen molar-refractivity contribution in [3.05, 3.63) is 30.3 Å². The Labute approximate surface area is 138 Å². The zero-order valence-corrected chi connectivity index (χ0v) is 15.6. The van der Waals surface area contributed by atoms with Crippen molar-refractivity contribution in [3.8, 4) is 0 Å². The lowest BCUT2D eigenvalue weighted by atomic mass is 10.1. The molecule has 0 saturated heterocycles. The third kappa shape index (κ3) is 8.79. The van der Waals surface area contributed by atoms with Crippen LogP contribution in [0.5, 0.6) is 0 Å². The second kappa shape index (κ2) is 11.9. The fraction of sp³-hybridized carbons (Fsp3) is 0.700. The standard InChI is InChI=1S/C20H35OP/c1-3-4-5-6-7-8-9-10-11-12-16-19-22(2,21)20-17-14-13-15-18-20/h13-15,17-18H,3-12,16,19H2,1-2H3. The summed E-state index contributed by atoms with van der Waals surface area (Å²) < 4.78 is 12.7. The molecule has 0 aliphatic rings. The molecule has 0 heterocycles. The molecule has 22 heavy (non-hydrogen) atoms. The van der Waals surface area contributed by atoms with E-state index in [2.05, 4.69) is 6.92 Å². The zero-order chi connectivity index (χ0) is 16.1. The van der Waals surface area contributed by atoms with Gasteiger partial charge in [-0.25, -0.2) is 0 Å². The quantitative estimate of drug-likeness (QED) is 0.295. The van der Waals surface area contributed by atoms with E-state index in [0.717, 1.165) is 17.9 Å². The molecular formula is C20H35OP. The molecule has 0 bridgehead atoms. The van der Waals surface area contributed by atoms with Gasteiger partial charge in [0, 0.05) is 11.5 Å². The Morgan fingerprint density at radius 3 is 1.68 bits per heavy atom. The van der Waals surface area contributed by atoms with E-state index in [1.165, 1.54) is 64.2 Å². The van der Waals surface area contributed by atoms with Gasteiger partial charge < -0.3 is 4.57 Å². The molecule has 1 atom stereocenters. The molecule has 0 fully saturated rings. The zero-order valence-electron chi connectivity index (χ0n) is 14.7. The summed E-state index contributed by atoms with van der Waals surface area (Å²) in [4.78, 5) is 0. The minimum atomic E-state index is -2.12. The molecule has 0 saturated carbocycles. The molecule has 0 amide bonds. The lowest BCUT2D eigenvalue weighted by molar-refractivity contribution is 0.552. The summed E-state index contributed by atoms with van der Waals surface area (Å²) in [5.41, 5.74) is 0. The van der Waals surface area contributed by atoms with Gasteiger partial charge in [0.2, 0.25) is 0 Å². The third-order valence-corrected chi connectivity index (χ3v) is 7.05. The summed E-state index contributed by atoms with van der Waals surface area (Å²) in [7, 11) is -2.12. The Bertz CT molecular complexity index is 413. The smallest absolute Gasteiger partial charge is 0.112 e. The van der Waals surface area contributed by atoms with E-state index in [1.807, 2.05) is 37.0 Å². The van der Waals surface area contributed by atoms with Crippen molar-refractivity contribution in [3.63, 3.8) is 0 Å². The van der Waals surface area contributed by atoms with E-state index >= 15 is 0 Å². The predicted molar refractivity (Wildman–Crippen MR) is 101 cm³/mol. The lowest BCUT2D eigenvalue weighted by Gasteiger charge is -2.13. The largest absolute Gasteiger partial charge is 0.319 e. The van der Waals surface area contributed by atoms with Crippen LogP contribution in [-0.4, -0.2) is 12.8 Å². The molecule has 0 aliphatic carbocycles. The van der Waals surface area contributed by atoms with Crippen molar-refractivity contribution in [1.82, 2.24) is 0 Å². The molecule has 0 aliphatic heterocycles. The van der Waals surface area contributed by atoms with Gasteiger partial charge in [-0.15, -0.1) is 0 Å². The normalized spacial score (nSPS) is 13.9. The summed E-state index contributed by atoms with van der Waals surface area (Å²) in [6, 6.07) is 10.0. The minimum absolute atomic E-state index is 0.869. The van der Waals surface area contributed by atoms with Crippen LogP contribution in [0.1, 0.15) is 77.6 Å². The van der Waals surface area contributed by atoms with Crippen molar-refractivity contribution in [2.75, 3.05) is 12.8 Å². The van der Waals surface area contributed by atoms with Crippen LogP contribution >= 0.6 is 7.14 Å². The molecule has 2 heteroatoms. The van der Waals surface area contributed by atoms with Crippen LogP contribution in [0.3, 0.4) is 0 Å². The Hall–Kier alpha value is -0.550. The van der Waals surface area contributed by atoms with Gasteiger partial charge in [-0.1, -0.05) is 101 Å². The van der Waals surface area contributed by atoms with Gasteiger partial charge >= 0.3 is 0 Å². The van der Waals surface area contributed by atoms with Gasteiger partial charge in [0.25, 0.3) is 0 Å². The van der Waals surface area contributed by atoms with E-state index in [1.54, 1.807) is 0 Å². The van der Waals surface area contributed by atoms with Crippen molar-refractivity contribution in [2.45, 2.75) is 77.6 Å². The highest BCUT2D eigenvalue weighted by atomic mass is 31.2. The van der Waals surface area contributed by atoms with Crippen LogP contribution < -0.4 is 5.30 Å². The number of rotatable bonds is 13. The Balaban J connectivity index is 1.98. The second-order valence-corrected chi connectivity index (χ2v) is 9.86. The van der Waals surface area contributed by atoms with Crippen LogP contribution in [0, 0.1) is 0 Å². The molecule has 0 aromatic heterocycles. The van der Waals surface area contributed by atoms with E-state index in [0.29, 0.717) is 0 Å². The lowest BCUT2D eigenvalue weighted by Crippen LogP contribution is -2.06. The Kier molecular flexibility index (Phi) is 10.6. The molecule has 1 rings (SSSR count). The van der Waals surface area contributed by atoms with Gasteiger partial charge in [-0.3, -0.25) is 0 Å². The fourth-order valence-corrected chi connectivity index (χ4v) is 4.84. The molecule has 126 valence electrons. The Morgan fingerprint density at radius 1 is 0.727 bits per heavy atom. The van der Waals surface area contributed by atoms with Crippen LogP contribution in [0.25, 0.3) is 0 Å². The number of unbranched alkanes of at least 4 members (excludes halogenated alkanes) is 10. The first kappa shape index (κ1) is 19.5. The van der Waals surface area contributed by atoms with Gasteiger partial charge in [0.1, 0.15) is 7.14 Å². The maximum Gasteiger partial charge on any atom is 0.112 e. The van der Waals surface area contributed by atoms with Gasteiger partial charge in [-0.05, 0) is 13.1 Å². The minimum Gasteiger partial charge on any atom is -0.319 e. The average molecular weight is 322 g/mol. The topological polar surface area (TPSA) is 17.1 Å². The third-order valence-electron chi connectivity index (χ3n) is 4.49. The first-order valence-electron chi connectivity index (χ1n) is 9.29. The van der Waals surface area contributed by atoms with Gasteiger partial charge in [0.05, 0.1) is 0 Å². The van der Waals surface area contributed by atoms with Crippen molar-refractivity contribution < 1.29 is 4.57 Å². The van der Waals surface area contributed by atoms with Crippen molar-refractivity contribution >= 4 is 12.4 Å². The highest BCUT2D eigenvalue weighted by molar-refractivity contribution is 7.70. The number of hydrogen-bond acceptors (Lipinski definition) is 1. The molecule has 1 aromatic rings. The maximum absolute atomic E-state index is 12.7. The Morgan fingerprint density at radius 2 is 1.18 bits per heavy atom. The molecule has 0 N–H and O–H groups in total. The molecule has 0 spiro atoms. The number of benzene rings is 1. The summed E-state index contributed by atoms with van der Waals surface area (Å²) in [6.07, 6.45) is 15.7. The average Bonchev–Trinajstić information content (AvgIpc) is 2.53. The van der Waals surface area contributed by atoms with Crippen molar-refractivity contribution in [2.24, 2.45) is 0 Å². The van der Waals surface area contributed by atoms with Gasteiger partial charge in [0.15, 0.2) is 0 Å². The van der Waals surface area contributed by atoms with E-state index in [4.69, 9.17) is 0 Å². The molecule has 1 nitrogen and oxygen atoms in total. The predicted octanol–water partition coefficient (Wildman–Crippen LogP) is 6.62. The number of hydrogen-bond donors (Lipinski definition) is 0. The monoisotopic (exact) mass is 322 g/mol. The maximum atomic E-state index is 12.7. The highest BCUT2D eigenvalue weighted by Crippen LogP contribution is 2.40. The first-order chi connectivity index (χ1) is 10.7. The summed E-state index contributed by atoms with van der Waals surface area (Å²) in [5.74, 6) is 0. The highest BCUT2D eigenvalue weighted by Gasteiger charge is 2.16. The second-order valence-electron chi connectivity index (χ2n) is 6.70. The molecular weight excluding hydrogens is 287 g/mol. The van der Waals surface area contributed by atoms with E-state index in [-0.39, 0.29) is 0 Å². The van der Waals surface area contributed by atoms with Crippen LogP contribution in [0.2, 0.25) is 0 Å². The van der Waals surface area contributed by atoms with Crippen LogP contribution in [0.15, 0.2) is 30.3 Å². The van der Waals surface area contributed by atoms with Crippen molar-refractivity contribution in [1.29, 1.82) is 0 Å². The molecule has 1 unspecified atom stereocenters. The fourth-order valence-electron chi connectivity index (χ4n) is 2.95. The first-order valence-corrected chi connectivity index (χ1v) is 11.6. The van der Waals surface area contributed by atoms with E-state index in [9.17, 15) is 4.57 Å². The molecule has 0 radical (unpaired) electrons. The summed E-state index contributed by atoms with van der Waals surface area (Å²) in [6.45, 7) is 4.21.